The highest BCUT2D eigenvalue weighted by Gasteiger charge is 2.45. The fraction of sp³-hybridized carbons (Fsp3) is 0.556. The number of hydrogen-bond acceptors (Lipinski definition) is 4. The van der Waals surface area contributed by atoms with Crippen LogP contribution < -0.4 is 5.73 Å². The molecule has 1 fully saturated rings. The van der Waals surface area contributed by atoms with Gasteiger partial charge in [0.1, 0.15) is 11.6 Å². The molecule has 2 rings (SSSR count). The number of cyclic esters (lactones) is 1. The Kier molecular flexibility index (Phi) is 5.65. The summed E-state index contributed by atoms with van der Waals surface area (Å²) in [7, 11) is 0. The van der Waals surface area contributed by atoms with Gasteiger partial charge in [0.05, 0.1) is 11.5 Å². The average Bonchev–Trinajstić information content (AvgIpc) is 2.51. The molecule has 5 nitrogen and oxygen atoms in total. The molecule has 1 aromatic carbocycles. The number of amides is 1. The molecule has 0 saturated carbocycles. The molecule has 0 spiro atoms. The number of halogens is 3. The Bertz CT molecular complexity index is 689. The normalized spacial score (nSPS) is 21.9. The van der Waals surface area contributed by atoms with Gasteiger partial charge < -0.3 is 10.5 Å². The van der Waals surface area contributed by atoms with Crippen LogP contribution in [-0.2, 0) is 26.9 Å². The number of benzene rings is 1. The van der Waals surface area contributed by atoms with E-state index in [1.165, 1.54) is 12.1 Å². The smallest absolute Gasteiger partial charge is 0.416 e. The van der Waals surface area contributed by atoms with Crippen LogP contribution in [0.15, 0.2) is 24.3 Å². The van der Waals surface area contributed by atoms with E-state index < -0.39 is 41.2 Å². The van der Waals surface area contributed by atoms with E-state index >= 15 is 0 Å². The fourth-order valence-corrected chi connectivity index (χ4v) is 3.33. The van der Waals surface area contributed by atoms with E-state index in [4.69, 9.17) is 10.5 Å². The molecular formula is C18H23F3N2O3. The van der Waals surface area contributed by atoms with E-state index in [9.17, 15) is 22.8 Å². The van der Waals surface area contributed by atoms with Crippen molar-refractivity contribution in [1.29, 1.82) is 0 Å². The Hall–Kier alpha value is -2.09. The summed E-state index contributed by atoms with van der Waals surface area (Å²) in [6, 6.07) is 3.78. The number of alkyl halides is 3. The first-order valence-electron chi connectivity index (χ1n) is 8.37. The lowest BCUT2D eigenvalue weighted by Crippen LogP contribution is -2.61. The molecule has 1 saturated heterocycles. The third kappa shape index (κ3) is 4.55. The van der Waals surface area contributed by atoms with Crippen molar-refractivity contribution >= 4 is 11.9 Å². The predicted molar refractivity (Wildman–Crippen MR) is 89.0 cm³/mol. The molecule has 2 unspecified atom stereocenters. The highest BCUT2D eigenvalue weighted by Crippen LogP contribution is 2.31. The molecule has 26 heavy (non-hydrogen) atoms. The molecule has 1 amide bonds. The first kappa shape index (κ1) is 20.2. The van der Waals surface area contributed by atoms with Crippen LogP contribution in [0, 0.1) is 5.92 Å². The molecule has 0 radical (unpaired) electrons. The summed E-state index contributed by atoms with van der Waals surface area (Å²) in [4.78, 5) is 26.3. The first-order chi connectivity index (χ1) is 11.9. The molecule has 0 aromatic heterocycles. The van der Waals surface area contributed by atoms with Crippen molar-refractivity contribution in [3.05, 3.63) is 35.4 Å². The van der Waals surface area contributed by atoms with Crippen molar-refractivity contribution < 1.29 is 27.5 Å². The highest BCUT2D eigenvalue weighted by atomic mass is 19.4. The van der Waals surface area contributed by atoms with Gasteiger partial charge in [0.15, 0.2) is 0 Å². The topological polar surface area (TPSA) is 72.6 Å². The van der Waals surface area contributed by atoms with Crippen molar-refractivity contribution in [3.63, 3.8) is 0 Å². The summed E-state index contributed by atoms with van der Waals surface area (Å²) in [5, 5.41) is 0. The predicted octanol–water partition coefficient (Wildman–Crippen LogP) is 2.38. The van der Waals surface area contributed by atoms with Crippen molar-refractivity contribution in [3.8, 4) is 0 Å². The second kappa shape index (κ2) is 7.26. The summed E-state index contributed by atoms with van der Waals surface area (Å²) in [5.41, 5.74) is 4.27. The minimum Gasteiger partial charge on any atom is -0.457 e. The number of morpholine rings is 1. The second-order valence-corrected chi connectivity index (χ2v) is 7.10. The maximum atomic E-state index is 12.9. The Morgan fingerprint density at radius 1 is 1.42 bits per heavy atom. The number of ether oxygens (including phenoxy) is 1. The van der Waals surface area contributed by atoms with Crippen molar-refractivity contribution in [2.45, 2.75) is 45.0 Å². The van der Waals surface area contributed by atoms with Crippen LogP contribution in [0.2, 0.25) is 0 Å². The molecular weight excluding hydrogens is 349 g/mol. The van der Waals surface area contributed by atoms with Crippen LogP contribution in [0.3, 0.4) is 0 Å². The number of esters is 1. The summed E-state index contributed by atoms with van der Waals surface area (Å²) in [6.45, 7) is 6.25. The van der Waals surface area contributed by atoms with Crippen LogP contribution in [0.25, 0.3) is 0 Å². The molecule has 2 atom stereocenters. The molecule has 144 valence electrons. The van der Waals surface area contributed by atoms with Crippen molar-refractivity contribution in [2.75, 3.05) is 13.1 Å². The summed E-state index contributed by atoms with van der Waals surface area (Å²) >= 11 is 0. The average molecular weight is 372 g/mol. The largest absolute Gasteiger partial charge is 0.457 e. The van der Waals surface area contributed by atoms with Crippen LogP contribution in [0.4, 0.5) is 13.2 Å². The van der Waals surface area contributed by atoms with Gasteiger partial charge in [-0.2, -0.15) is 13.2 Å². The quantitative estimate of drug-likeness (QED) is 0.806. The van der Waals surface area contributed by atoms with Gasteiger partial charge in [-0.25, -0.2) is 0 Å². The Labute approximate surface area is 150 Å². The van der Waals surface area contributed by atoms with Crippen molar-refractivity contribution in [1.82, 2.24) is 4.90 Å². The number of carbonyl (C=O) groups excluding carboxylic acids is 2. The maximum Gasteiger partial charge on any atom is 0.416 e. The minimum atomic E-state index is -4.48. The lowest BCUT2D eigenvalue weighted by Gasteiger charge is -2.44. The zero-order valence-corrected chi connectivity index (χ0v) is 15.0. The van der Waals surface area contributed by atoms with E-state index in [1.807, 2.05) is 6.92 Å². The number of carbonyl (C=O) groups is 2. The van der Waals surface area contributed by atoms with Crippen LogP contribution in [-0.4, -0.2) is 41.5 Å². The van der Waals surface area contributed by atoms with E-state index in [0.717, 1.165) is 12.1 Å². The minimum absolute atomic E-state index is 0.0735. The first-order valence-corrected chi connectivity index (χ1v) is 8.37. The van der Waals surface area contributed by atoms with Crippen molar-refractivity contribution in [2.24, 2.45) is 11.7 Å². The Morgan fingerprint density at radius 3 is 2.62 bits per heavy atom. The third-order valence-corrected chi connectivity index (χ3v) is 4.46. The molecule has 0 bridgehead atoms. The summed E-state index contributed by atoms with van der Waals surface area (Å²) < 4.78 is 44.1. The second-order valence-electron chi connectivity index (χ2n) is 7.10. The van der Waals surface area contributed by atoms with Gasteiger partial charge in [0.25, 0.3) is 0 Å². The Balaban J connectivity index is 2.32. The van der Waals surface area contributed by atoms with Gasteiger partial charge >= 0.3 is 12.1 Å². The number of nitrogens with zero attached hydrogens (tertiary/aromatic N) is 1. The fourth-order valence-electron chi connectivity index (χ4n) is 3.33. The number of likely N-dealkylation sites (N-methyl/N-ethyl adjacent to an activating group) is 1. The SMILES string of the molecule is CCN1CC(C)(C)OC(=O)C1C(Cc1cccc(C(F)(F)F)c1)C(N)=O. The van der Waals surface area contributed by atoms with Crippen LogP contribution in [0.1, 0.15) is 31.9 Å². The number of hydrogen-bond donors (Lipinski definition) is 1. The Morgan fingerprint density at radius 2 is 2.08 bits per heavy atom. The monoisotopic (exact) mass is 372 g/mol. The zero-order chi connectivity index (χ0) is 19.7. The summed E-state index contributed by atoms with van der Waals surface area (Å²) in [5.74, 6) is -2.32. The molecule has 0 aliphatic carbocycles. The molecule has 1 aliphatic rings. The third-order valence-electron chi connectivity index (χ3n) is 4.46. The molecule has 8 heteroatoms. The summed E-state index contributed by atoms with van der Waals surface area (Å²) in [6.07, 6.45) is -4.56. The molecule has 2 N–H and O–H groups in total. The van der Waals surface area contributed by atoms with E-state index in [1.54, 1.807) is 18.7 Å². The standard InChI is InChI=1S/C18H23F3N2O3/c1-4-23-10-17(2,3)26-16(25)14(23)13(15(22)24)9-11-6-5-7-12(8-11)18(19,20)21/h5-8,13-14H,4,9-10H2,1-3H3,(H2,22,24). The number of nitrogens with two attached hydrogens (primary N) is 1. The van der Waals surface area contributed by atoms with Gasteiger partial charge in [-0.05, 0) is 38.4 Å². The highest BCUT2D eigenvalue weighted by molar-refractivity contribution is 5.87. The van der Waals surface area contributed by atoms with Crippen LogP contribution in [0.5, 0.6) is 0 Å². The van der Waals surface area contributed by atoms with E-state index in [2.05, 4.69) is 0 Å². The van der Waals surface area contributed by atoms with Gasteiger partial charge in [0, 0.05) is 6.54 Å². The molecule has 1 aliphatic heterocycles. The van der Waals surface area contributed by atoms with E-state index in [-0.39, 0.29) is 12.0 Å². The lowest BCUT2D eigenvalue weighted by molar-refractivity contribution is -0.182. The number of rotatable bonds is 5. The van der Waals surface area contributed by atoms with Gasteiger partial charge in [0.2, 0.25) is 5.91 Å². The van der Waals surface area contributed by atoms with Crippen LogP contribution >= 0.6 is 0 Å². The van der Waals surface area contributed by atoms with Gasteiger partial charge in [-0.3, -0.25) is 14.5 Å². The number of primary amides is 1. The molecule has 1 heterocycles. The van der Waals surface area contributed by atoms with E-state index in [0.29, 0.717) is 13.1 Å². The maximum absolute atomic E-state index is 12.9. The van der Waals surface area contributed by atoms with Gasteiger partial charge in [-0.1, -0.05) is 25.1 Å². The van der Waals surface area contributed by atoms with Gasteiger partial charge in [-0.15, -0.1) is 0 Å². The lowest BCUT2D eigenvalue weighted by atomic mass is 9.87. The zero-order valence-electron chi connectivity index (χ0n) is 15.0. The molecule has 1 aromatic rings.